The van der Waals surface area contributed by atoms with E-state index in [0.717, 1.165) is 24.9 Å². The number of carboxylic acid groups (broad SMARTS) is 1. The molecule has 0 fully saturated rings. The van der Waals surface area contributed by atoms with Gasteiger partial charge in [-0.15, -0.1) is 0 Å². The Labute approximate surface area is 220 Å². The maximum absolute atomic E-state index is 11.8. The van der Waals surface area contributed by atoms with Crippen LogP contribution < -0.4 is 46.2 Å². The molecule has 3 aromatic rings. The van der Waals surface area contributed by atoms with E-state index >= 15 is 0 Å². The largest absolute Gasteiger partial charge is 1.00 e. The minimum atomic E-state index is -0.428. The van der Waals surface area contributed by atoms with Crippen LogP contribution in [0, 0.1) is 0 Å². The summed E-state index contributed by atoms with van der Waals surface area (Å²) >= 11 is 0. The van der Waals surface area contributed by atoms with Gasteiger partial charge in [0.1, 0.15) is 0 Å². The average molecular weight is 496 g/mol. The minimum Gasteiger partial charge on any atom is -0.483 e. The van der Waals surface area contributed by atoms with Crippen LogP contribution in [0.2, 0.25) is 0 Å². The van der Waals surface area contributed by atoms with Crippen LogP contribution in [0.25, 0.3) is 11.2 Å². The fourth-order valence-electron chi connectivity index (χ4n) is 2.37. The summed E-state index contributed by atoms with van der Waals surface area (Å²) in [7, 11) is 0.502. The molecule has 1 aromatic carbocycles. The molecule has 2 heterocycles. The molecular weight excluding hydrogens is 470 g/mol. The number of carbonyl (C=O) groups is 2. The maximum Gasteiger partial charge on any atom is 1.00 e. The van der Waals surface area contributed by atoms with Crippen molar-refractivity contribution < 1.29 is 49.0 Å². The molecule has 0 radical (unpaired) electrons. The van der Waals surface area contributed by atoms with Crippen LogP contribution in [0.4, 0.5) is 11.6 Å². The SMILES string of the molecule is CCCCC(=O)PC.Nc1nc2ncc(CNc3ccc([C-]=O)cc3)nc2c(=O)[nH]1.O=CO.[Na+]. The fourth-order valence-corrected chi connectivity index (χ4v) is 2.79. The molecule has 1 atom stereocenters. The Hall–Kier alpha value is -2.72. The average Bonchev–Trinajstić information content (AvgIpc) is 2.82. The number of hydrogen-bond donors (Lipinski definition) is 4. The van der Waals surface area contributed by atoms with Crippen molar-refractivity contribution in [2.24, 2.45) is 0 Å². The van der Waals surface area contributed by atoms with Crippen LogP contribution in [0.15, 0.2) is 35.3 Å². The topological polar surface area (TPSA) is 181 Å². The van der Waals surface area contributed by atoms with Crippen molar-refractivity contribution in [3.05, 3.63) is 52.1 Å². The van der Waals surface area contributed by atoms with E-state index in [2.05, 4.69) is 32.2 Å². The minimum absolute atomic E-state index is 0. The number of anilines is 2. The Morgan fingerprint density at radius 3 is 2.50 bits per heavy atom. The molecule has 11 nitrogen and oxygen atoms in total. The summed E-state index contributed by atoms with van der Waals surface area (Å²) in [6.07, 6.45) is 6.33. The van der Waals surface area contributed by atoms with Crippen molar-refractivity contribution in [2.75, 3.05) is 17.7 Å². The van der Waals surface area contributed by atoms with Crippen molar-refractivity contribution >= 4 is 49.7 Å². The fraction of sp³-hybridized carbons (Fsp3) is 0.286. The number of benzene rings is 1. The molecule has 176 valence electrons. The number of hydrogen-bond acceptors (Lipinski definition) is 9. The van der Waals surface area contributed by atoms with Crippen LogP contribution in [-0.2, 0) is 20.9 Å². The molecular formula is C21H26N6NaO5P. The normalized spacial score (nSPS) is 9.71. The van der Waals surface area contributed by atoms with Crippen LogP contribution in [-0.4, -0.2) is 50.0 Å². The van der Waals surface area contributed by atoms with Gasteiger partial charge in [0.25, 0.3) is 12.0 Å². The molecule has 13 heteroatoms. The molecule has 2 aromatic heterocycles. The van der Waals surface area contributed by atoms with Gasteiger partial charge in [-0.3, -0.25) is 19.4 Å². The van der Waals surface area contributed by atoms with Gasteiger partial charge in [-0.2, -0.15) is 22.7 Å². The molecule has 0 saturated heterocycles. The predicted molar refractivity (Wildman–Crippen MR) is 128 cm³/mol. The van der Waals surface area contributed by atoms with Gasteiger partial charge in [0, 0.05) is 12.1 Å². The summed E-state index contributed by atoms with van der Waals surface area (Å²) in [6, 6.07) is 6.81. The van der Waals surface area contributed by atoms with E-state index in [1.807, 2.05) is 6.66 Å². The van der Waals surface area contributed by atoms with Crippen LogP contribution >= 0.6 is 8.58 Å². The van der Waals surface area contributed by atoms with E-state index in [9.17, 15) is 14.4 Å². The monoisotopic (exact) mass is 496 g/mol. The maximum atomic E-state index is 11.8. The molecule has 0 spiro atoms. The number of carbonyl (C=O) groups excluding carboxylic acids is 2. The molecule has 0 amide bonds. The van der Waals surface area contributed by atoms with Crippen molar-refractivity contribution in [2.45, 2.75) is 32.7 Å². The van der Waals surface area contributed by atoms with Crippen molar-refractivity contribution in [1.82, 2.24) is 19.9 Å². The molecule has 5 N–H and O–H groups in total. The summed E-state index contributed by atoms with van der Waals surface area (Å²) < 4.78 is 0. The number of nitrogens with two attached hydrogens (primary N) is 1. The molecule has 0 saturated carbocycles. The summed E-state index contributed by atoms with van der Waals surface area (Å²) in [5, 5.41) is 10.0. The Morgan fingerprint density at radius 2 is 1.94 bits per heavy atom. The number of unbranched alkanes of at least 4 members (excludes halogenated alkanes) is 1. The van der Waals surface area contributed by atoms with Gasteiger partial charge in [-0.1, -0.05) is 34.1 Å². The number of nitrogen functional groups attached to an aromatic ring is 1. The van der Waals surface area contributed by atoms with Gasteiger partial charge in [0.05, 0.1) is 24.7 Å². The Balaban J connectivity index is 0.000000770. The number of H-pyrrole nitrogens is 1. The second-order valence-corrected chi connectivity index (χ2v) is 7.46. The van der Waals surface area contributed by atoms with Gasteiger partial charge >= 0.3 is 29.6 Å². The van der Waals surface area contributed by atoms with Crippen molar-refractivity contribution in [3.63, 3.8) is 0 Å². The second-order valence-electron chi connectivity index (χ2n) is 6.40. The molecule has 34 heavy (non-hydrogen) atoms. The smallest absolute Gasteiger partial charge is 0.483 e. The number of aromatic amines is 1. The zero-order valence-corrected chi connectivity index (χ0v) is 22.3. The van der Waals surface area contributed by atoms with E-state index in [1.165, 1.54) is 6.20 Å². The molecule has 3 rings (SSSR count). The van der Waals surface area contributed by atoms with E-state index in [-0.39, 0.29) is 53.1 Å². The van der Waals surface area contributed by atoms with Crippen LogP contribution in [0.5, 0.6) is 0 Å². The Bertz CT molecular complexity index is 1110. The first-order valence-electron chi connectivity index (χ1n) is 9.90. The molecule has 0 aliphatic heterocycles. The third-order valence-electron chi connectivity index (χ3n) is 4.00. The first-order chi connectivity index (χ1) is 15.9. The molecule has 0 bridgehead atoms. The number of aromatic nitrogens is 4. The first kappa shape index (κ1) is 31.3. The second kappa shape index (κ2) is 17.7. The Kier molecular flexibility index (Phi) is 16.3. The van der Waals surface area contributed by atoms with Crippen LogP contribution in [0.1, 0.15) is 37.4 Å². The number of fused-ring (bicyclic) bond motifs is 1. The summed E-state index contributed by atoms with van der Waals surface area (Å²) in [6.45, 7) is 4.17. The summed E-state index contributed by atoms with van der Waals surface area (Å²) in [5.41, 5.74) is 7.65. The molecule has 0 aliphatic rings. The predicted octanol–water partition coefficient (Wildman–Crippen LogP) is -0.918. The number of nitrogens with zero attached hydrogens (tertiary/aromatic N) is 3. The quantitative estimate of drug-likeness (QED) is 0.132. The number of nitrogens with one attached hydrogen (secondary N) is 2. The Morgan fingerprint density at radius 1 is 1.29 bits per heavy atom. The third-order valence-corrected chi connectivity index (χ3v) is 4.81. The number of rotatable bonds is 8. The third kappa shape index (κ3) is 11.4. The van der Waals surface area contributed by atoms with Gasteiger partial charge in [0.2, 0.25) is 5.95 Å². The van der Waals surface area contributed by atoms with E-state index in [0.29, 0.717) is 31.9 Å². The first-order valence-corrected chi connectivity index (χ1v) is 11.4. The van der Waals surface area contributed by atoms with E-state index in [4.69, 9.17) is 15.6 Å². The van der Waals surface area contributed by atoms with Gasteiger partial charge in [-0.25, -0.2) is 9.97 Å². The van der Waals surface area contributed by atoms with Gasteiger partial charge in [0.15, 0.2) is 16.7 Å². The van der Waals surface area contributed by atoms with Crippen molar-refractivity contribution in [3.8, 4) is 0 Å². The zero-order valence-electron chi connectivity index (χ0n) is 19.3. The summed E-state index contributed by atoms with van der Waals surface area (Å²) in [4.78, 5) is 55.8. The van der Waals surface area contributed by atoms with Gasteiger partial charge in [-0.05, 0) is 13.1 Å². The van der Waals surface area contributed by atoms with Crippen molar-refractivity contribution in [1.29, 1.82) is 0 Å². The molecule has 1 unspecified atom stereocenters. The molecule has 0 aliphatic carbocycles. The summed E-state index contributed by atoms with van der Waals surface area (Å²) in [5.74, 6) is 0.00440. The van der Waals surface area contributed by atoms with Crippen LogP contribution in [0.3, 0.4) is 0 Å². The zero-order chi connectivity index (χ0) is 24.6. The van der Waals surface area contributed by atoms with E-state index in [1.54, 1.807) is 30.6 Å². The van der Waals surface area contributed by atoms with Gasteiger partial charge < -0.3 is 21.0 Å². The van der Waals surface area contributed by atoms with E-state index < -0.39 is 5.56 Å². The standard InChI is InChI=1S/C14H11N6O2.C6H13OP.CH2O2.Na/c15-14-19-12-11(13(22)20-14)18-10(6-17-12)5-16-9-3-1-8(7-21)2-4-9;1-3-4-5-6(7)8-2;2-1-3;/h1-4,6,16H,5H2,(H3,15,17,19,20,22);8H,3-5H2,1-2H3;1H,(H,2,3);/q-1;;;+1.